The van der Waals surface area contributed by atoms with Gasteiger partial charge in [-0.3, -0.25) is 14.3 Å². The predicted molar refractivity (Wildman–Crippen MR) is 137 cm³/mol. The number of halogens is 1. The smallest absolute Gasteiger partial charge is 0.247 e. The molecular weight excluding hydrogens is 483 g/mol. The zero-order chi connectivity index (χ0) is 26.1. The molecule has 1 saturated heterocycles. The maximum atomic E-state index is 14.7. The van der Waals surface area contributed by atoms with Crippen LogP contribution in [-0.4, -0.2) is 47.6 Å². The fraction of sp³-hybridized carbons (Fsp3) is 0.423. The second-order valence-corrected chi connectivity index (χ2v) is 12.6. The predicted octanol–water partition coefficient (Wildman–Crippen LogP) is 3.42. The van der Waals surface area contributed by atoms with Crippen molar-refractivity contribution in [3.05, 3.63) is 60.0 Å². The highest BCUT2D eigenvalue weighted by Crippen LogP contribution is 2.28. The molecule has 1 atom stereocenters. The van der Waals surface area contributed by atoms with Gasteiger partial charge in [0.05, 0.1) is 23.2 Å². The molecule has 2 N–H and O–H groups in total. The summed E-state index contributed by atoms with van der Waals surface area (Å²) < 4.78 is 40.1. The molecule has 0 unspecified atom stereocenters. The summed E-state index contributed by atoms with van der Waals surface area (Å²) in [7, 11) is -3.16. The summed E-state index contributed by atoms with van der Waals surface area (Å²) in [5, 5.41) is 10.6. The van der Waals surface area contributed by atoms with Crippen LogP contribution in [0.1, 0.15) is 39.2 Å². The van der Waals surface area contributed by atoms with E-state index in [1.807, 2.05) is 45.0 Å². The second-order valence-electron chi connectivity index (χ2n) is 10.3. The van der Waals surface area contributed by atoms with Crippen LogP contribution in [0.15, 0.2) is 48.7 Å². The topological polar surface area (TPSA) is 110 Å². The van der Waals surface area contributed by atoms with Gasteiger partial charge in [0, 0.05) is 11.1 Å². The quantitative estimate of drug-likeness (QED) is 0.524. The van der Waals surface area contributed by atoms with E-state index < -0.39 is 38.9 Å². The third-order valence-corrected chi connectivity index (χ3v) is 8.27. The fourth-order valence-corrected chi connectivity index (χ4v) is 6.10. The van der Waals surface area contributed by atoms with Crippen LogP contribution in [0.3, 0.4) is 0 Å². The molecule has 0 spiro atoms. The Kier molecular flexibility index (Phi) is 7.17. The lowest BCUT2D eigenvalue weighted by Crippen LogP contribution is -2.51. The molecular formula is C26H31FN4O4S. The number of anilines is 1. The summed E-state index contributed by atoms with van der Waals surface area (Å²) in [6.45, 7) is 5.59. The summed E-state index contributed by atoms with van der Waals surface area (Å²) in [5.41, 5.74) is 1.18. The molecule has 0 bridgehead atoms. The Morgan fingerprint density at radius 3 is 2.50 bits per heavy atom. The van der Waals surface area contributed by atoms with E-state index in [4.69, 9.17) is 0 Å². The summed E-state index contributed by atoms with van der Waals surface area (Å²) in [4.78, 5) is 26.3. The monoisotopic (exact) mass is 514 g/mol. The molecule has 0 aliphatic carbocycles. The van der Waals surface area contributed by atoms with Crippen LogP contribution < -0.4 is 10.6 Å². The highest BCUT2D eigenvalue weighted by molar-refractivity contribution is 7.91. The van der Waals surface area contributed by atoms with Crippen LogP contribution in [0.4, 0.5) is 10.1 Å². The van der Waals surface area contributed by atoms with E-state index in [2.05, 4.69) is 15.7 Å². The van der Waals surface area contributed by atoms with Gasteiger partial charge in [0.25, 0.3) is 0 Å². The van der Waals surface area contributed by atoms with Crippen molar-refractivity contribution in [1.82, 2.24) is 15.1 Å². The first-order valence-electron chi connectivity index (χ1n) is 11.9. The number of carbonyl (C=O) groups excluding carboxylic acids is 2. The van der Waals surface area contributed by atoms with Crippen molar-refractivity contribution in [3.8, 4) is 0 Å². The number of para-hydroxylation sites is 1. The minimum Gasteiger partial charge on any atom is -0.342 e. The first-order valence-corrected chi connectivity index (χ1v) is 13.8. The SMILES string of the molecule is CC(C)(C)c1ccc(NC(=O)[C@H](NC(=O)Cn2ncc3ccccc32)C2CCS(=O)(=O)CC2)cc1F. The van der Waals surface area contributed by atoms with Gasteiger partial charge in [-0.1, -0.05) is 45.0 Å². The fourth-order valence-electron chi connectivity index (χ4n) is 4.57. The minimum atomic E-state index is -3.16. The Balaban J connectivity index is 1.52. The third kappa shape index (κ3) is 5.92. The van der Waals surface area contributed by atoms with Gasteiger partial charge in [-0.15, -0.1) is 0 Å². The van der Waals surface area contributed by atoms with Gasteiger partial charge in [-0.05, 0) is 47.9 Å². The Hall–Kier alpha value is -3.27. The van der Waals surface area contributed by atoms with Crippen LogP contribution in [-0.2, 0) is 31.4 Å². The van der Waals surface area contributed by atoms with Crippen molar-refractivity contribution < 1.29 is 22.4 Å². The van der Waals surface area contributed by atoms with E-state index in [0.717, 1.165) is 10.9 Å². The number of benzene rings is 2. The van der Waals surface area contributed by atoms with E-state index in [-0.39, 0.29) is 42.5 Å². The zero-order valence-electron chi connectivity index (χ0n) is 20.6. The van der Waals surface area contributed by atoms with Crippen molar-refractivity contribution in [1.29, 1.82) is 0 Å². The molecule has 8 nitrogen and oxygen atoms in total. The normalized spacial score (nSPS) is 17.0. The van der Waals surface area contributed by atoms with Crippen LogP contribution in [0.2, 0.25) is 0 Å². The lowest BCUT2D eigenvalue weighted by Gasteiger charge is -2.30. The molecule has 4 rings (SSSR count). The maximum Gasteiger partial charge on any atom is 0.247 e. The molecule has 2 heterocycles. The van der Waals surface area contributed by atoms with Crippen molar-refractivity contribution in [2.45, 2.75) is 51.6 Å². The van der Waals surface area contributed by atoms with E-state index in [1.54, 1.807) is 23.0 Å². The van der Waals surface area contributed by atoms with Crippen LogP contribution in [0, 0.1) is 11.7 Å². The standard InChI is InChI=1S/C26H31FN4O4S/c1-26(2,3)20-9-8-19(14-21(20)27)29-25(33)24(17-10-12-36(34,35)13-11-17)30-23(32)16-31-22-7-5-4-6-18(22)15-28-31/h4-9,14-15,17,24H,10-13,16H2,1-3H3,(H,29,33)(H,30,32)/t24-/m1/s1. The van der Waals surface area contributed by atoms with Crippen LogP contribution in [0.25, 0.3) is 10.9 Å². The number of rotatable bonds is 6. The average molecular weight is 515 g/mol. The summed E-state index contributed by atoms with van der Waals surface area (Å²) >= 11 is 0. The Morgan fingerprint density at radius 2 is 1.83 bits per heavy atom. The van der Waals surface area contributed by atoms with Gasteiger partial charge < -0.3 is 10.6 Å². The largest absolute Gasteiger partial charge is 0.342 e. The Labute approximate surface area is 210 Å². The molecule has 0 radical (unpaired) electrons. The van der Waals surface area contributed by atoms with E-state index in [0.29, 0.717) is 5.56 Å². The molecule has 0 saturated carbocycles. The molecule has 192 valence electrons. The number of nitrogens with zero attached hydrogens (tertiary/aromatic N) is 2. The molecule has 36 heavy (non-hydrogen) atoms. The van der Waals surface area contributed by atoms with Gasteiger partial charge in [0.2, 0.25) is 11.8 Å². The van der Waals surface area contributed by atoms with Gasteiger partial charge in [0.1, 0.15) is 28.2 Å². The average Bonchev–Trinajstić information content (AvgIpc) is 3.19. The van der Waals surface area contributed by atoms with Crippen molar-refractivity contribution in [2.24, 2.45) is 5.92 Å². The molecule has 1 aromatic heterocycles. The number of carbonyl (C=O) groups is 2. The van der Waals surface area contributed by atoms with Gasteiger partial charge in [-0.2, -0.15) is 5.10 Å². The van der Waals surface area contributed by atoms with Crippen LogP contribution >= 0.6 is 0 Å². The number of nitrogens with one attached hydrogen (secondary N) is 2. The maximum absolute atomic E-state index is 14.7. The first kappa shape index (κ1) is 25.8. The third-order valence-electron chi connectivity index (χ3n) is 6.56. The van der Waals surface area contributed by atoms with E-state index in [9.17, 15) is 22.4 Å². The highest BCUT2D eigenvalue weighted by atomic mass is 32.2. The van der Waals surface area contributed by atoms with Gasteiger partial charge in [0.15, 0.2) is 0 Å². The number of fused-ring (bicyclic) bond motifs is 1. The number of hydrogen-bond donors (Lipinski definition) is 2. The van der Waals surface area contributed by atoms with Crippen molar-refractivity contribution in [3.63, 3.8) is 0 Å². The lowest BCUT2D eigenvalue weighted by atomic mass is 9.86. The summed E-state index contributed by atoms with van der Waals surface area (Å²) in [6, 6.07) is 11.0. The molecule has 10 heteroatoms. The number of amides is 2. The van der Waals surface area contributed by atoms with E-state index >= 15 is 0 Å². The second kappa shape index (κ2) is 10.0. The Bertz CT molecular complexity index is 1380. The Morgan fingerprint density at radius 1 is 1.14 bits per heavy atom. The van der Waals surface area contributed by atoms with Crippen LogP contribution in [0.5, 0.6) is 0 Å². The van der Waals surface area contributed by atoms with Crippen molar-refractivity contribution >= 4 is 38.2 Å². The molecule has 2 aromatic carbocycles. The van der Waals surface area contributed by atoms with Crippen molar-refractivity contribution in [2.75, 3.05) is 16.8 Å². The number of hydrogen-bond acceptors (Lipinski definition) is 5. The molecule has 2 amide bonds. The lowest BCUT2D eigenvalue weighted by molar-refractivity contribution is -0.128. The molecule has 1 aliphatic heterocycles. The summed E-state index contributed by atoms with van der Waals surface area (Å²) in [5.74, 6) is -1.83. The van der Waals surface area contributed by atoms with E-state index in [1.165, 1.54) is 6.07 Å². The van der Waals surface area contributed by atoms with Gasteiger partial charge >= 0.3 is 0 Å². The highest BCUT2D eigenvalue weighted by Gasteiger charge is 2.35. The molecule has 1 fully saturated rings. The van der Waals surface area contributed by atoms with Gasteiger partial charge in [-0.25, -0.2) is 12.8 Å². The number of aromatic nitrogens is 2. The zero-order valence-corrected chi connectivity index (χ0v) is 21.4. The minimum absolute atomic E-state index is 0.0456. The summed E-state index contributed by atoms with van der Waals surface area (Å²) in [6.07, 6.45) is 2.17. The molecule has 1 aliphatic rings. The number of sulfone groups is 1. The molecule has 3 aromatic rings. The first-order chi connectivity index (χ1) is 16.9.